The number of thiophene rings is 2. The second kappa shape index (κ2) is 13.5. The summed E-state index contributed by atoms with van der Waals surface area (Å²) in [4.78, 5) is 16.4. The first-order valence-corrected chi connectivity index (χ1v) is 20.3. The van der Waals surface area contributed by atoms with Crippen molar-refractivity contribution in [2.75, 3.05) is 0 Å². The van der Waals surface area contributed by atoms with Gasteiger partial charge in [-0.3, -0.25) is 0 Å². The van der Waals surface area contributed by atoms with E-state index in [0.29, 0.717) is 17.5 Å². The molecule has 11 rings (SSSR count). The van der Waals surface area contributed by atoms with E-state index in [2.05, 4.69) is 188 Å². The maximum absolute atomic E-state index is 5.51. The van der Waals surface area contributed by atoms with Crippen LogP contribution in [0.3, 0.4) is 0 Å². The number of nitrogens with zero attached hydrogens (tertiary/aromatic N) is 3. The summed E-state index contributed by atoms with van der Waals surface area (Å²) in [7, 11) is 0. The summed E-state index contributed by atoms with van der Waals surface area (Å²) in [6, 6.07) is 66.7. The van der Waals surface area contributed by atoms with Crippen LogP contribution in [0.5, 0.6) is 0 Å². The summed E-state index contributed by atoms with van der Waals surface area (Å²) in [6.45, 7) is 0. The van der Waals surface area contributed by atoms with Gasteiger partial charge in [-0.05, 0) is 69.8 Å². The highest BCUT2D eigenvalue weighted by Gasteiger charge is 2.24. The minimum atomic E-state index is 0.638. The fourth-order valence-electron chi connectivity index (χ4n) is 7.95. The molecule has 0 unspecified atom stereocenters. The topological polar surface area (TPSA) is 38.7 Å². The van der Waals surface area contributed by atoms with Crippen LogP contribution in [0.25, 0.3) is 108 Å². The zero-order valence-electron chi connectivity index (χ0n) is 30.1. The van der Waals surface area contributed by atoms with Gasteiger partial charge in [-0.2, -0.15) is 0 Å². The SMILES string of the molecule is c1ccc(-c2cc(-c3ccccc3)c(-c3nc(-c4cccc5c4sc4ccccc45)nc(-c4cccc5c4sc4ccccc45)n3)c(-c3ccccc3)c2)cc1. The van der Waals surface area contributed by atoms with Crippen LogP contribution >= 0.6 is 22.7 Å². The predicted molar refractivity (Wildman–Crippen MR) is 238 cm³/mol. The van der Waals surface area contributed by atoms with Gasteiger partial charge in [0.2, 0.25) is 0 Å². The van der Waals surface area contributed by atoms with Crippen LogP contribution in [0.4, 0.5) is 0 Å². The monoisotopic (exact) mass is 749 g/mol. The third-order valence-electron chi connectivity index (χ3n) is 10.6. The van der Waals surface area contributed by atoms with Crippen LogP contribution in [0.2, 0.25) is 0 Å². The quantitative estimate of drug-likeness (QED) is 0.170. The Hall–Kier alpha value is -6.79. The zero-order chi connectivity index (χ0) is 37.0. The van der Waals surface area contributed by atoms with Crippen molar-refractivity contribution in [2.45, 2.75) is 0 Å². The molecule has 0 aliphatic carbocycles. The highest BCUT2D eigenvalue weighted by atomic mass is 32.1. The van der Waals surface area contributed by atoms with E-state index < -0.39 is 0 Å². The lowest BCUT2D eigenvalue weighted by molar-refractivity contribution is 1.08. The fourth-order valence-corrected chi connectivity index (χ4v) is 10.4. The van der Waals surface area contributed by atoms with Crippen LogP contribution in [0.15, 0.2) is 188 Å². The van der Waals surface area contributed by atoms with Gasteiger partial charge in [0.15, 0.2) is 17.5 Å². The Kier molecular flexibility index (Phi) is 7.87. The Bertz CT molecular complexity index is 3050. The molecular formula is C51H31N3S2. The van der Waals surface area contributed by atoms with Crippen molar-refractivity contribution < 1.29 is 0 Å². The van der Waals surface area contributed by atoms with Crippen molar-refractivity contribution in [1.82, 2.24) is 15.0 Å². The largest absolute Gasteiger partial charge is 0.208 e. The normalized spacial score (nSPS) is 11.6. The lowest BCUT2D eigenvalue weighted by Gasteiger charge is -2.19. The average Bonchev–Trinajstić information content (AvgIpc) is 3.85. The smallest absolute Gasteiger partial charge is 0.165 e. The first-order valence-electron chi connectivity index (χ1n) is 18.7. The van der Waals surface area contributed by atoms with Gasteiger partial charge < -0.3 is 0 Å². The maximum Gasteiger partial charge on any atom is 0.165 e. The van der Waals surface area contributed by atoms with Gasteiger partial charge in [-0.25, -0.2) is 15.0 Å². The highest BCUT2D eigenvalue weighted by Crippen LogP contribution is 2.45. The number of aromatic nitrogens is 3. The molecule has 56 heavy (non-hydrogen) atoms. The molecule has 0 spiro atoms. The van der Waals surface area contributed by atoms with E-state index in [1.807, 2.05) is 0 Å². The number of rotatable bonds is 6. The minimum Gasteiger partial charge on any atom is -0.208 e. The molecule has 0 amide bonds. The van der Waals surface area contributed by atoms with Crippen molar-refractivity contribution >= 4 is 63.0 Å². The van der Waals surface area contributed by atoms with Crippen LogP contribution in [-0.2, 0) is 0 Å². The Morgan fingerprint density at radius 3 is 1.16 bits per heavy atom. The molecule has 0 fully saturated rings. The van der Waals surface area contributed by atoms with Crippen molar-refractivity contribution in [3.8, 4) is 67.5 Å². The van der Waals surface area contributed by atoms with Crippen molar-refractivity contribution in [3.63, 3.8) is 0 Å². The molecule has 8 aromatic carbocycles. The van der Waals surface area contributed by atoms with Crippen molar-refractivity contribution in [3.05, 3.63) is 188 Å². The molecule has 0 N–H and O–H groups in total. The Balaban J connectivity index is 1.26. The van der Waals surface area contributed by atoms with E-state index in [1.165, 1.54) is 40.3 Å². The molecule has 0 radical (unpaired) electrons. The van der Waals surface area contributed by atoms with E-state index in [9.17, 15) is 0 Å². The lowest BCUT2D eigenvalue weighted by atomic mass is 9.87. The Morgan fingerprint density at radius 1 is 0.286 bits per heavy atom. The van der Waals surface area contributed by atoms with Crippen molar-refractivity contribution in [1.29, 1.82) is 0 Å². The minimum absolute atomic E-state index is 0.638. The van der Waals surface area contributed by atoms with Crippen LogP contribution in [0.1, 0.15) is 0 Å². The Labute approximate surface area is 331 Å². The summed E-state index contributed by atoms with van der Waals surface area (Å²) >= 11 is 3.59. The van der Waals surface area contributed by atoms with Gasteiger partial charge in [0.05, 0.1) is 0 Å². The first kappa shape index (κ1) is 32.6. The first-order chi connectivity index (χ1) is 27.8. The summed E-state index contributed by atoms with van der Waals surface area (Å²) in [5.41, 5.74) is 9.58. The standard InChI is InChI=1S/C51H31N3S2/c1-4-16-32(17-5-1)35-30-42(33-18-6-2-7-19-33)46(43(31-35)34-20-8-3-9-21-34)51-53-49(40-26-14-24-38-36-22-10-12-28-44(36)55-47(38)40)52-50(54-51)41-27-15-25-39-37-23-11-13-29-45(37)56-48(39)41/h1-31H. The van der Waals surface area contributed by atoms with Crippen LogP contribution < -0.4 is 0 Å². The molecule has 0 atom stereocenters. The second-order valence-corrected chi connectivity index (χ2v) is 16.0. The summed E-state index contributed by atoms with van der Waals surface area (Å²) in [5, 5.41) is 4.90. The zero-order valence-corrected chi connectivity index (χ0v) is 31.7. The second-order valence-electron chi connectivity index (χ2n) is 13.9. The van der Waals surface area contributed by atoms with Gasteiger partial charge in [-0.15, -0.1) is 22.7 Å². The van der Waals surface area contributed by atoms with Gasteiger partial charge >= 0.3 is 0 Å². The maximum atomic E-state index is 5.51. The van der Waals surface area contributed by atoms with E-state index in [4.69, 9.17) is 15.0 Å². The van der Waals surface area contributed by atoms with E-state index in [-0.39, 0.29) is 0 Å². The van der Waals surface area contributed by atoms with Gasteiger partial charge in [0.25, 0.3) is 0 Å². The molecule has 3 heterocycles. The van der Waals surface area contributed by atoms with Gasteiger partial charge in [0.1, 0.15) is 0 Å². The number of hydrogen-bond donors (Lipinski definition) is 0. The molecule has 5 heteroatoms. The summed E-state index contributed by atoms with van der Waals surface area (Å²) in [5.74, 6) is 1.95. The molecule has 11 aromatic rings. The number of benzene rings is 8. The lowest BCUT2D eigenvalue weighted by Crippen LogP contribution is -2.03. The molecule has 3 aromatic heterocycles. The van der Waals surface area contributed by atoms with Gasteiger partial charge in [0, 0.05) is 57.0 Å². The molecule has 0 saturated carbocycles. The molecule has 3 nitrogen and oxygen atoms in total. The summed E-state index contributed by atoms with van der Waals surface area (Å²) in [6.07, 6.45) is 0. The molecule has 0 aliphatic heterocycles. The summed E-state index contributed by atoms with van der Waals surface area (Å²) < 4.78 is 4.83. The van der Waals surface area contributed by atoms with Crippen LogP contribution in [0, 0.1) is 0 Å². The predicted octanol–water partition coefficient (Wildman–Crippen LogP) is 14.6. The Morgan fingerprint density at radius 2 is 0.679 bits per heavy atom. The average molecular weight is 750 g/mol. The van der Waals surface area contributed by atoms with E-state index >= 15 is 0 Å². The molecule has 0 aliphatic rings. The van der Waals surface area contributed by atoms with Crippen LogP contribution in [-0.4, -0.2) is 15.0 Å². The molecule has 0 bridgehead atoms. The number of fused-ring (bicyclic) bond motifs is 6. The van der Waals surface area contributed by atoms with E-state index in [1.54, 1.807) is 22.7 Å². The third-order valence-corrected chi connectivity index (χ3v) is 13.0. The highest BCUT2D eigenvalue weighted by molar-refractivity contribution is 7.26. The fraction of sp³-hybridized carbons (Fsp3) is 0. The molecule has 262 valence electrons. The van der Waals surface area contributed by atoms with E-state index in [0.717, 1.165) is 50.1 Å². The molecule has 0 saturated heterocycles. The third kappa shape index (κ3) is 5.51. The number of hydrogen-bond acceptors (Lipinski definition) is 5. The van der Waals surface area contributed by atoms with Gasteiger partial charge in [-0.1, -0.05) is 152 Å². The molecular weight excluding hydrogens is 719 g/mol. The van der Waals surface area contributed by atoms with Crippen molar-refractivity contribution in [2.24, 2.45) is 0 Å².